The molecule has 4 nitrogen and oxygen atoms in total. The van der Waals surface area contributed by atoms with Crippen LogP contribution in [0.15, 0.2) is 18.3 Å². The molecule has 0 radical (unpaired) electrons. The summed E-state index contributed by atoms with van der Waals surface area (Å²) in [4.78, 5) is 4.03. The van der Waals surface area contributed by atoms with Crippen molar-refractivity contribution in [3.8, 4) is 0 Å². The van der Waals surface area contributed by atoms with Gasteiger partial charge in [-0.2, -0.15) is 4.98 Å². The van der Waals surface area contributed by atoms with E-state index in [1.54, 1.807) is 4.52 Å². The van der Waals surface area contributed by atoms with Gasteiger partial charge in [0, 0.05) is 11.7 Å². The van der Waals surface area contributed by atoms with Crippen LogP contribution in [0.3, 0.4) is 0 Å². The lowest BCUT2D eigenvalue weighted by Crippen LogP contribution is -2.19. The normalized spacial score (nSPS) is 18.7. The molecule has 5 heteroatoms. The smallest absolute Gasteiger partial charge is 0.243 e. The summed E-state index contributed by atoms with van der Waals surface area (Å²) in [6.07, 6.45) is 3.99. The number of nitrogens with zero attached hydrogens (tertiary/aromatic N) is 3. The van der Waals surface area contributed by atoms with Crippen LogP contribution in [0.25, 0.3) is 5.65 Å². The van der Waals surface area contributed by atoms with Crippen molar-refractivity contribution in [3.63, 3.8) is 0 Å². The second-order valence-electron chi connectivity index (χ2n) is 3.76. The van der Waals surface area contributed by atoms with Crippen molar-refractivity contribution in [2.24, 2.45) is 5.73 Å². The van der Waals surface area contributed by atoms with E-state index >= 15 is 0 Å². The van der Waals surface area contributed by atoms with Gasteiger partial charge in [-0.3, -0.25) is 0 Å². The Kier molecular flexibility index (Phi) is 1.44. The van der Waals surface area contributed by atoms with Gasteiger partial charge >= 0.3 is 0 Å². The summed E-state index contributed by atoms with van der Waals surface area (Å²) >= 11 is 5.69. The Bertz CT molecular complexity index is 500. The summed E-state index contributed by atoms with van der Waals surface area (Å²) in [5, 5.41) is 4.30. The van der Waals surface area contributed by atoms with Crippen LogP contribution in [0.2, 0.25) is 5.28 Å². The minimum Gasteiger partial charge on any atom is -0.321 e. The first-order valence-electron chi connectivity index (χ1n) is 4.49. The third kappa shape index (κ3) is 1.11. The van der Waals surface area contributed by atoms with E-state index in [9.17, 15) is 0 Å². The summed E-state index contributed by atoms with van der Waals surface area (Å²) in [5.74, 6) is 0. The first-order valence-corrected chi connectivity index (χ1v) is 4.86. The summed E-state index contributed by atoms with van der Waals surface area (Å²) in [6.45, 7) is 0. The third-order valence-electron chi connectivity index (χ3n) is 2.67. The lowest BCUT2D eigenvalue weighted by Gasteiger charge is -2.07. The van der Waals surface area contributed by atoms with Crippen molar-refractivity contribution in [2.45, 2.75) is 18.4 Å². The van der Waals surface area contributed by atoms with Gasteiger partial charge in [0.25, 0.3) is 0 Å². The Morgan fingerprint density at radius 2 is 2.21 bits per heavy atom. The zero-order chi connectivity index (χ0) is 9.76. The van der Waals surface area contributed by atoms with Crippen molar-refractivity contribution >= 4 is 17.2 Å². The summed E-state index contributed by atoms with van der Waals surface area (Å²) in [7, 11) is 0. The molecule has 1 aliphatic carbocycles. The van der Waals surface area contributed by atoms with E-state index in [1.807, 2.05) is 18.3 Å². The Morgan fingerprint density at radius 3 is 2.93 bits per heavy atom. The van der Waals surface area contributed by atoms with Crippen LogP contribution in [0.4, 0.5) is 0 Å². The Hall–Kier alpha value is -1.13. The molecular weight excluding hydrogens is 200 g/mol. The molecule has 0 amide bonds. The van der Waals surface area contributed by atoms with Gasteiger partial charge < -0.3 is 5.73 Å². The summed E-state index contributed by atoms with van der Waals surface area (Å²) in [6, 6.07) is 3.88. The first kappa shape index (κ1) is 8.20. The van der Waals surface area contributed by atoms with Crippen LogP contribution >= 0.6 is 11.6 Å². The molecule has 1 fully saturated rings. The van der Waals surface area contributed by atoms with Crippen molar-refractivity contribution in [1.29, 1.82) is 0 Å². The lowest BCUT2D eigenvalue weighted by molar-refractivity contribution is 0.727. The van der Waals surface area contributed by atoms with Gasteiger partial charge in [-0.1, -0.05) is 6.07 Å². The number of fused-ring (bicyclic) bond motifs is 1. The molecule has 0 spiro atoms. The molecule has 1 saturated carbocycles. The molecule has 1 aliphatic rings. The quantitative estimate of drug-likeness (QED) is 0.769. The third-order valence-corrected chi connectivity index (χ3v) is 2.83. The highest BCUT2D eigenvalue weighted by Gasteiger charge is 2.40. The molecule has 0 saturated heterocycles. The van der Waals surface area contributed by atoms with Crippen molar-refractivity contribution in [2.75, 3.05) is 0 Å². The SMILES string of the molecule is NC1(c2ccc3nc(Cl)nn3c2)CC1. The van der Waals surface area contributed by atoms with E-state index < -0.39 is 0 Å². The number of nitrogens with two attached hydrogens (primary N) is 1. The van der Waals surface area contributed by atoms with Gasteiger partial charge in [0.1, 0.15) is 0 Å². The lowest BCUT2D eigenvalue weighted by atomic mass is 10.1. The summed E-state index contributed by atoms with van der Waals surface area (Å²) in [5.41, 5.74) is 7.79. The average molecular weight is 209 g/mol. The second kappa shape index (κ2) is 2.46. The molecule has 0 atom stereocenters. The highest BCUT2D eigenvalue weighted by atomic mass is 35.5. The molecule has 0 aliphatic heterocycles. The predicted molar refractivity (Wildman–Crippen MR) is 53.1 cm³/mol. The van der Waals surface area contributed by atoms with Crippen LogP contribution in [-0.4, -0.2) is 14.6 Å². The number of rotatable bonds is 1. The van der Waals surface area contributed by atoms with E-state index in [4.69, 9.17) is 17.3 Å². The fraction of sp³-hybridized carbons (Fsp3) is 0.333. The van der Waals surface area contributed by atoms with E-state index in [-0.39, 0.29) is 10.8 Å². The van der Waals surface area contributed by atoms with E-state index in [0.717, 1.165) is 24.1 Å². The first-order chi connectivity index (χ1) is 6.67. The molecule has 0 bridgehead atoms. The largest absolute Gasteiger partial charge is 0.321 e. The zero-order valence-electron chi connectivity index (χ0n) is 7.44. The highest BCUT2D eigenvalue weighted by Crippen LogP contribution is 2.42. The maximum atomic E-state index is 6.07. The van der Waals surface area contributed by atoms with Gasteiger partial charge in [-0.05, 0) is 36.1 Å². The van der Waals surface area contributed by atoms with E-state index in [0.29, 0.717) is 0 Å². The van der Waals surface area contributed by atoms with Crippen molar-refractivity contribution < 1.29 is 0 Å². The number of pyridine rings is 1. The topological polar surface area (TPSA) is 56.2 Å². The molecule has 2 aromatic heterocycles. The molecule has 2 heterocycles. The standard InChI is InChI=1S/C9H9ClN4/c10-8-12-7-2-1-6(5-14(7)13-8)9(11)3-4-9/h1-2,5H,3-4,11H2. The van der Waals surface area contributed by atoms with Crippen LogP contribution in [-0.2, 0) is 5.54 Å². The monoisotopic (exact) mass is 208 g/mol. The van der Waals surface area contributed by atoms with Gasteiger partial charge in [0.2, 0.25) is 5.28 Å². The molecule has 72 valence electrons. The highest BCUT2D eigenvalue weighted by molar-refractivity contribution is 6.28. The van der Waals surface area contributed by atoms with Gasteiger partial charge in [-0.15, -0.1) is 5.10 Å². The van der Waals surface area contributed by atoms with Gasteiger partial charge in [0.05, 0.1) is 0 Å². The maximum Gasteiger partial charge on any atom is 0.243 e. The summed E-state index contributed by atoms with van der Waals surface area (Å²) < 4.78 is 1.67. The Labute approximate surface area is 85.7 Å². The van der Waals surface area contributed by atoms with Crippen LogP contribution in [0.1, 0.15) is 18.4 Å². The molecule has 3 rings (SSSR count). The second-order valence-corrected chi connectivity index (χ2v) is 4.10. The predicted octanol–water partition coefficient (Wildman–Crippen LogP) is 1.33. The van der Waals surface area contributed by atoms with Crippen LogP contribution in [0, 0.1) is 0 Å². The van der Waals surface area contributed by atoms with Crippen molar-refractivity contribution in [3.05, 3.63) is 29.2 Å². The van der Waals surface area contributed by atoms with Crippen molar-refractivity contribution in [1.82, 2.24) is 14.6 Å². The fourth-order valence-electron chi connectivity index (χ4n) is 1.57. The van der Waals surface area contributed by atoms with Crippen LogP contribution in [0.5, 0.6) is 0 Å². The Balaban J connectivity index is 2.19. The number of aromatic nitrogens is 3. The number of halogens is 1. The van der Waals surface area contributed by atoms with E-state index in [1.165, 1.54) is 0 Å². The molecule has 2 aromatic rings. The van der Waals surface area contributed by atoms with E-state index in [2.05, 4.69) is 10.1 Å². The fourth-order valence-corrected chi connectivity index (χ4v) is 1.74. The van der Waals surface area contributed by atoms with Crippen LogP contribution < -0.4 is 5.73 Å². The molecule has 0 unspecified atom stereocenters. The van der Waals surface area contributed by atoms with Gasteiger partial charge in [0.15, 0.2) is 5.65 Å². The number of hydrogen-bond acceptors (Lipinski definition) is 3. The Morgan fingerprint density at radius 1 is 1.43 bits per heavy atom. The maximum absolute atomic E-state index is 6.07. The minimum absolute atomic E-state index is 0.132. The molecule has 14 heavy (non-hydrogen) atoms. The molecular formula is C9H9ClN4. The average Bonchev–Trinajstić information content (AvgIpc) is 2.79. The molecule has 0 aromatic carbocycles. The zero-order valence-corrected chi connectivity index (χ0v) is 8.20. The number of hydrogen-bond donors (Lipinski definition) is 1. The molecule has 2 N–H and O–H groups in total. The van der Waals surface area contributed by atoms with Gasteiger partial charge in [-0.25, -0.2) is 4.52 Å². The minimum atomic E-state index is -0.132.